The normalized spacial score (nSPS) is 25.7. The summed E-state index contributed by atoms with van der Waals surface area (Å²) in [4.78, 5) is 2.05. The van der Waals surface area contributed by atoms with E-state index in [0.717, 1.165) is 13.1 Å². The molecule has 1 aliphatic carbocycles. The van der Waals surface area contributed by atoms with Crippen molar-refractivity contribution in [3.8, 4) is 0 Å². The molecule has 2 fully saturated rings. The van der Waals surface area contributed by atoms with Crippen LogP contribution in [0.5, 0.6) is 0 Å². The molecule has 0 amide bonds. The zero-order valence-electron chi connectivity index (χ0n) is 9.86. The van der Waals surface area contributed by atoms with E-state index >= 15 is 0 Å². The molecular formula is C12H23NO3. The lowest BCUT2D eigenvalue weighted by Crippen LogP contribution is -2.69. The van der Waals surface area contributed by atoms with Crippen LogP contribution in [0.1, 0.15) is 32.1 Å². The van der Waals surface area contributed by atoms with Crippen LogP contribution >= 0.6 is 0 Å². The molecule has 0 aromatic carbocycles. The molecule has 1 saturated heterocycles. The minimum absolute atomic E-state index is 0.171. The minimum Gasteiger partial charge on any atom is -0.394 e. The monoisotopic (exact) mass is 229 g/mol. The molecular weight excluding hydrogens is 206 g/mol. The molecule has 1 spiro atoms. The van der Waals surface area contributed by atoms with E-state index in [1.807, 2.05) is 0 Å². The zero-order valence-corrected chi connectivity index (χ0v) is 9.86. The third-order valence-corrected chi connectivity index (χ3v) is 4.52. The highest BCUT2D eigenvalue weighted by molar-refractivity contribution is 5.04. The van der Waals surface area contributed by atoms with E-state index < -0.39 is 5.54 Å². The van der Waals surface area contributed by atoms with Crippen molar-refractivity contribution in [1.29, 1.82) is 0 Å². The SMILES string of the molecule is OCC(CO)(CO)N1CC2(CCCCC2)C1. The van der Waals surface area contributed by atoms with Gasteiger partial charge in [0.05, 0.1) is 25.4 Å². The molecule has 0 bridgehead atoms. The highest BCUT2D eigenvalue weighted by Crippen LogP contribution is 2.46. The van der Waals surface area contributed by atoms with Gasteiger partial charge in [-0.15, -0.1) is 0 Å². The topological polar surface area (TPSA) is 63.9 Å². The van der Waals surface area contributed by atoms with Gasteiger partial charge in [-0.1, -0.05) is 19.3 Å². The van der Waals surface area contributed by atoms with Crippen LogP contribution in [0.3, 0.4) is 0 Å². The molecule has 4 nitrogen and oxygen atoms in total. The predicted octanol–water partition coefficient (Wildman–Crippen LogP) is -0.0318. The fraction of sp³-hybridized carbons (Fsp3) is 1.00. The van der Waals surface area contributed by atoms with E-state index in [4.69, 9.17) is 0 Å². The summed E-state index contributed by atoms with van der Waals surface area (Å²) in [5.74, 6) is 0. The van der Waals surface area contributed by atoms with Crippen LogP contribution in [-0.4, -0.2) is 58.7 Å². The van der Waals surface area contributed by atoms with Gasteiger partial charge in [0.25, 0.3) is 0 Å². The summed E-state index contributed by atoms with van der Waals surface area (Å²) in [6, 6.07) is 0. The quantitative estimate of drug-likeness (QED) is 0.633. The van der Waals surface area contributed by atoms with Crippen LogP contribution in [0.15, 0.2) is 0 Å². The van der Waals surface area contributed by atoms with Crippen molar-refractivity contribution in [3.63, 3.8) is 0 Å². The molecule has 1 saturated carbocycles. The van der Waals surface area contributed by atoms with Crippen molar-refractivity contribution in [2.24, 2.45) is 5.41 Å². The summed E-state index contributed by atoms with van der Waals surface area (Å²) in [6.45, 7) is 1.34. The molecule has 1 heterocycles. The Balaban J connectivity index is 1.95. The van der Waals surface area contributed by atoms with E-state index in [9.17, 15) is 15.3 Å². The van der Waals surface area contributed by atoms with Crippen LogP contribution < -0.4 is 0 Å². The Hall–Kier alpha value is -0.160. The number of aliphatic hydroxyl groups excluding tert-OH is 3. The van der Waals surface area contributed by atoms with E-state index in [-0.39, 0.29) is 19.8 Å². The number of hydrogen-bond donors (Lipinski definition) is 3. The smallest absolute Gasteiger partial charge is 0.0906 e. The molecule has 1 aliphatic heterocycles. The number of rotatable bonds is 4. The maximum Gasteiger partial charge on any atom is 0.0906 e. The third kappa shape index (κ3) is 1.88. The second kappa shape index (κ2) is 4.61. The van der Waals surface area contributed by atoms with Crippen LogP contribution in [0, 0.1) is 5.41 Å². The molecule has 0 radical (unpaired) electrons. The Kier molecular flexibility index (Phi) is 3.54. The first kappa shape index (κ1) is 12.3. The van der Waals surface area contributed by atoms with Gasteiger partial charge in [-0.05, 0) is 18.3 Å². The Morgan fingerprint density at radius 3 is 1.81 bits per heavy atom. The summed E-state index contributed by atoms with van der Waals surface area (Å²) < 4.78 is 0. The Morgan fingerprint density at radius 2 is 1.38 bits per heavy atom. The molecule has 0 unspecified atom stereocenters. The molecule has 0 aromatic rings. The fourth-order valence-corrected chi connectivity index (χ4v) is 3.17. The highest BCUT2D eigenvalue weighted by atomic mass is 16.3. The van der Waals surface area contributed by atoms with Crippen LogP contribution in [0.4, 0.5) is 0 Å². The second-order valence-electron chi connectivity index (χ2n) is 5.62. The van der Waals surface area contributed by atoms with Gasteiger partial charge in [0, 0.05) is 13.1 Å². The van der Waals surface area contributed by atoms with Gasteiger partial charge in [-0.2, -0.15) is 0 Å². The van der Waals surface area contributed by atoms with E-state index in [1.165, 1.54) is 32.1 Å². The highest BCUT2D eigenvalue weighted by Gasteiger charge is 2.50. The first-order valence-corrected chi connectivity index (χ1v) is 6.28. The predicted molar refractivity (Wildman–Crippen MR) is 61.1 cm³/mol. The zero-order chi connectivity index (χ0) is 11.6. The van der Waals surface area contributed by atoms with E-state index in [1.54, 1.807) is 0 Å². The Morgan fingerprint density at radius 1 is 0.875 bits per heavy atom. The molecule has 2 aliphatic rings. The van der Waals surface area contributed by atoms with Crippen molar-refractivity contribution < 1.29 is 15.3 Å². The molecule has 0 aromatic heterocycles. The van der Waals surface area contributed by atoms with Crippen molar-refractivity contribution >= 4 is 0 Å². The van der Waals surface area contributed by atoms with Crippen molar-refractivity contribution in [1.82, 2.24) is 4.90 Å². The average molecular weight is 229 g/mol. The molecule has 3 N–H and O–H groups in total. The summed E-state index contributed by atoms with van der Waals surface area (Å²) >= 11 is 0. The second-order valence-corrected chi connectivity index (χ2v) is 5.62. The van der Waals surface area contributed by atoms with Crippen molar-refractivity contribution in [2.45, 2.75) is 37.6 Å². The maximum absolute atomic E-state index is 9.34. The first-order chi connectivity index (χ1) is 7.70. The van der Waals surface area contributed by atoms with Gasteiger partial charge in [0.2, 0.25) is 0 Å². The van der Waals surface area contributed by atoms with Crippen molar-refractivity contribution in [2.75, 3.05) is 32.9 Å². The lowest BCUT2D eigenvalue weighted by Gasteiger charge is -2.58. The standard InChI is InChI=1S/C12H23NO3/c14-8-12(9-15,10-16)13-6-11(7-13)4-2-1-3-5-11/h14-16H,1-10H2. The fourth-order valence-electron chi connectivity index (χ4n) is 3.17. The summed E-state index contributed by atoms with van der Waals surface area (Å²) in [5, 5.41) is 28.0. The molecule has 16 heavy (non-hydrogen) atoms. The molecule has 0 atom stereocenters. The van der Waals surface area contributed by atoms with Gasteiger partial charge in [-0.3, -0.25) is 4.90 Å². The summed E-state index contributed by atoms with van der Waals surface area (Å²) in [5.41, 5.74) is -0.383. The Labute approximate surface area is 96.9 Å². The van der Waals surface area contributed by atoms with Crippen LogP contribution in [-0.2, 0) is 0 Å². The third-order valence-electron chi connectivity index (χ3n) is 4.52. The molecule has 4 heteroatoms. The van der Waals surface area contributed by atoms with Crippen molar-refractivity contribution in [3.05, 3.63) is 0 Å². The average Bonchev–Trinajstić information content (AvgIpc) is 2.31. The number of nitrogens with zero attached hydrogens (tertiary/aromatic N) is 1. The number of hydrogen-bond acceptors (Lipinski definition) is 4. The summed E-state index contributed by atoms with van der Waals surface area (Å²) in [7, 11) is 0. The maximum atomic E-state index is 9.34. The van der Waals surface area contributed by atoms with E-state index in [2.05, 4.69) is 4.90 Å². The van der Waals surface area contributed by atoms with Gasteiger partial charge in [-0.25, -0.2) is 0 Å². The van der Waals surface area contributed by atoms with Crippen LogP contribution in [0.25, 0.3) is 0 Å². The van der Waals surface area contributed by atoms with Gasteiger partial charge >= 0.3 is 0 Å². The number of aliphatic hydroxyl groups is 3. The minimum atomic E-state index is -0.803. The summed E-state index contributed by atoms with van der Waals surface area (Å²) in [6.07, 6.45) is 6.48. The first-order valence-electron chi connectivity index (χ1n) is 6.28. The molecule has 94 valence electrons. The van der Waals surface area contributed by atoms with Crippen LogP contribution in [0.2, 0.25) is 0 Å². The largest absolute Gasteiger partial charge is 0.394 e. The van der Waals surface area contributed by atoms with E-state index in [0.29, 0.717) is 5.41 Å². The van der Waals surface area contributed by atoms with Gasteiger partial charge in [0.15, 0.2) is 0 Å². The molecule has 2 rings (SSSR count). The Bertz CT molecular complexity index is 218. The lowest BCUT2D eigenvalue weighted by atomic mass is 9.67. The van der Waals surface area contributed by atoms with Gasteiger partial charge < -0.3 is 15.3 Å². The lowest BCUT2D eigenvalue weighted by molar-refractivity contribution is -0.143. The van der Waals surface area contributed by atoms with Gasteiger partial charge in [0.1, 0.15) is 0 Å². The number of likely N-dealkylation sites (tertiary alicyclic amines) is 1.